The van der Waals surface area contributed by atoms with Crippen molar-refractivity contribution in [3.63, 3.8) is 0 Å². The van der Waals surface area contributed by atoms with Crippen LogP contribution in [0.5, 0.6) is 0 Å². The van der Waals surface area contributed by atoms with Crippen LogP contribution >= 0.6 is 0 Å². The number of hydrogen-bond acceptors (Lipinski definition) is 8. The molecule has 0 spiro atoms. The molecule has 11 nitrogen and oxygen atoms in total. The first-order valence-electron chi connectivity index (χ1n) is 19.6. The van der Waals surface area contributed by atoms with E-state index >= 15 is 0 Å². The largest absolute Gasteiger partial charge is 0.434 e. The standard InChI is InChI=1S/C42H42N8O3/c1-3-41-15-7-17-47-18-13-27-26-11-10-24(20-31(26)50(34(27)36(41)47)33(22-41)39-45-46-40(51)53-39)29-12-16-42(4-2)21-32(38-44-43-23-52-38)49-30-9-6-5-8-25(30)28-14-19-48(29)37(42)35(28)49/h5-6,8-11,20-23,29,36-37H,3-4,7,12-19H2,1-2H3,(H,46,51)/t29?,36-,37-,41+,42+/m1/s1. The quantitative estimate of drug-likeness (QED) is 0.198. The average Bonchev–Trinajstić information content (AvgIpc) is 4.01. The maximum atomic E-state index is 12.4. The molecular weight excluding hydrogens is 665 g/mol. The highest BCUT2D eigenvalue weighted by Gasteiger charge is 2.55. The predicted molar refractivity (Wildman–Crippen MR) is 200 cm³/mol. The molecule has 2 saturated heterocycles. The highest BCUT2D eigenvalue weighted by molar-refractivity contribution is 5.93. The van der Waals surface area contributed by atoms with Crippen molar-refractivity contribution in [3.8, 4) is 0 Å². The van der Waals surface area contributed by atoms with E-state index in [0.29, 0.717) is 17.8 Å². The highest BCUT2D eigenvalue weighted by Crippen LogP contribution is 2.62. The minimum atomic E-state index is -0.517. The molecule has 0 saturated carbocycles. The maximum Gasteiger partial charge on any atom is 0.434 e. The first kappa shape index (κ1) is 30.5. The van der Waals surface area contributed by atoms with Gasteiger partial charge in [-0.25, -0.2) is 9.89 Å². The van der Waals surface area contributed by atoms with E-state index in [1.165, 1.54) is 62.7 Å². The first-order chi connectivity index (χ1) is 26.0. The summed E-state index contributed by atoms with van der Waals surface area (Å²) in [5, 5.41) is 18.2. The highest BCUT2D eigenvalue weighted by atomic mass is 16.4. The molecule has 2 aromatic carbocycles. The fraction of sp³-hybridized carbons (Fsp3) is 0.429. The fourth-order valence-electron chi connectivity index (χ4n) is 12.1. The molecule has 4 aromatic heterocycles. The summed E-state index contributed by atoms with van der Waals surface area (Å²) in [7, 11) is 0. The van der Waals surface area contributed by atoms with Gasteiger partial charge in [-0.2, -0.15) is 0 Å². The summed E-state index contributed by atoms with van der Waals surface area (Å²) in [6.45, 7) is 7.86. The molecule has 6 aliphatic rings. The maximum absolute atomic E-state index is 12.4. The molecule has 6 aromatic rings. The molecular formula is C42H42N8O3. The van der Waals surface area contributed by atoms with Crippen molar-refractivity contribution >= 4 is 33.2 Å². The molecule has 11 heteroatoms. The Morgan fingerprint density at radius 3 is 2.40 bits per heavy atom. The number of piperidine rings is 2. The average molecular weight is 707 g/mol. The van der Waals surface area contributed by atoms with Gasteiger partial charge in [0.15, 0.2) is 0 Å². The van der Waals surface area contributed by atoms with Crippen LogP contribution in [-0.4, -0.2) is 59.0 Å². The summed E-state index contributed by atoms with van der Waals surface area (Å²) in [5.74, 6) is 0.440. The Bertz CT molecular complexity index is 2620. The number of hydrogen-bond donors (Lipinski definition) is 1. The van der Waals surface area contributed by atoms with Gasteiger partial charge in [-0.05, 0) is 98.9 Å². The Balaban J connectivity index is 1.05. The van der Waals surface area contributed by atoms with Crippen molar-refractivity contribution in [3.05, 3.63) is 111 Å². The van der Waals surface area contributed by atoms with E-state index in [0.717, 1.165) is 76.0 Å². The van der Waals surface area contributed by atoms with E-state index in [1.807, 2.05) is 0 Å². The summed E-state index contributed by atoms with van der Waals surface area (Å²) >= 11 is 0. The van der Waals surface area contributed by atoms with Crippen LogP contribution < -0.4 is 5.76 Å². The lowest BCUT2D eigenvalue weighted by Crippen LogP contribution is -2.52. The van der Waals surface area contributed by atoms with Crippen molar-refractivity contribution in [2.24, 2.45) is 10.8 Å². The number of rotatable bonds is 5. The molecule has 5 atom stereocenters. The van der Waals surface area contributed by atoms with Gasteiger partial charge in [0.05, 0.1) is 23.1 Å². The van der Waals surface area contributed by atoms with E-state index in [1.54, 1.807) is 0 Å². The lowest BCUT2D eigenvalue weighted by molar-refractivity contribution is -0.0171. The SMILES string of the molecule is CC[C@@]12C=C(c3n[nH]c(=O)o3)n3c4c(c5ccc(C6CC[C@@]7(CC)C=C(c8nnco8)n8c9c(c%10ccccc%108)CCN6[C@H]97)cc53)CCN(CCC1)[C@H]42. The third-order valence-corrected chi connectivity index (χ3v) is 14.4. The number of nitrogens with one attached hydrogen (secondary N) is 1. The number of para-hydroxylation sites is 1. The van der Waals surface area contributed by atoms with Crippen LogP contribution in [0.15, 0.2) is 74.6 Å². The van der Waals surface area contributed by atoms with E-state index in [4.69, 9.17) is 8.83 Å². The fourth-order valence-corrected chi connectivity index (χ4v) is 12.1. The molecule has 0 aliphatic carbocycles. The normalized spacial score (nSPS) is 28.9. The Labute approximate surface area is 306 Å². The number of H-pyrrole nitrogens is 1. The predicted octanol–water partition coefficient (Wildman–Crippen LogP) is 7.38. The minimum absolute atomic E-state index is 0.0289. The monoisotopic (exact) mass is 706 g/mol. The van der Waals surface area contributed by atoms with Crippen LogP contribution in [0.3, 0.4) is 0 Å². The molecule has 0 amide bonds. The first-order valence-corrected chi connectivity index (χ1v) is 19.6. The summed E-state index contributed by atoms with van der Waals surface area (Å²) < 4.78 is 16.5. The number of aromatic amines is 1. The van der Waals surface area contributed by atoms with E-state index < -0.39 is 5.76 Å². The Kier molecular flexibility index (Phi) is 6.07. The Morgan fingerprint density at radius 2 is 1.60 bits per heavy atom. The van der Waals surface area contributed by atoms with Gasteiger partial charge in [0.2, 0.25) is 6.39 Å². The van der Waals surface area contributed by atoms with Gasteiger partial charge in [0.25, 0.3) is 11.8 Å². The molecule has 10 heterocycles. The van der Waals surface area contributed by atoms with Crippen molar-refractivity contribution < 1.29 is 8.83 Å². The zero-order valence-corrected chi connectivity index (χ0v) is 30.1. The lowest BCUT2D eigenvalue weighted by atomic mass is 9.64. The van der Waals surface area contributed by atoms with Gasteiger partial charge in [-0.15, -0.1) is 15.3 Å². The molecule has 53 heavy (non-hydrogen) atoms. The molecule has 268 valence electrons. The van der Waals surface area contributed by atoms with Crippen LogP contribution in [0.2, 0.25) is 0 Å². The number of fused-ring (bicyclic) bond motifs is 6. The minimum Gasteiger partial charge on any atom is -0.422 e. The van der Waals surface area contributed by atoms with Crippen LogP contribution in [0, 0.1) is 10.8 Å². The molecule has 1 N–H and O–H groups in total. The number of aromatic nitrogens is 6. The Hall–Kier alpha value is -5.00. The summed E-state index contributed by atoms with van der Waals surface area (Å²) in [6.07, 6.45) is 14.8. The topological polar surface area (TPSA) is 114 Å². The third kappa shape index (κ3) is 3.81. The van der Waals surface area contributed by atoms with Crippen LogP contribution in [0.1, 0.15) is 110 Å². The summed E-state index contributed by atoms with van der Waals surface area (Å²) in [5.41, 5.74) is 11.2. The van der Waals surface area contributed by atoms with Crippen molar-refractivity contribution in [1.82, 2.24) is 39.3 Å². The second-order valence-electron chi connectivity index (χ2n) is 16.3. The number of benzene rings is 2. The van der Waals surface area contributed by atoms with E-state index in [2.05, 4.69) is 108 Å². The van der Waals surface area contributed by atoms with E-state index in [-0.39, 0.29) is 22.9 Å². The van der Waals surface area contributed by atoms with Crippen LogP contribution in [0.4, 0.5) is 0 Å². The molecule has 12 rings (SSSR count). The molecule has 0 radical (unpaired) electrons. The number of nitrogens with zero attached hydrogens (tertiary/aromatic N) is 7. The zero-order valence-electron chi connectivity index (χ0n) is 30.1. The van der Waals surface area contributed by atoms with Gasteiger partial charge in [-0.1, -0.05) is 44.2 Å². The third-order valence-electron chi connectivity index (χ3n) is 14.4. The van der Waals surface area contributed by atoms with Gasteiger partial charge in [0, 0.05) is 52.1 Å². The molecule has 0 bridgehead atoms. The second kappa shape index (κ2) is 10.6. The lowest BCUT2D eigenvalue weighted by Gasteiger charge is -2.56. The second-order valence-corrected chi connectivity index (χ2v) is 16.3. The van der Waals surface area contributed by atoms with E-state index in [9.17, 15) is 4.79 Å². The zero-order chi connectivity index (χ0) is 35.2. The smallest absolute Gasteiger partial charge is 0.422 e. The molecule has 6 aliphatic heterocycles. The molecule has 1 unspecified atom stereocenters. The summed E-state index contributed by atoms with van der Waals surface area (Å²) in [6, 6.07) is 16.9. The van der Waals surface area contributed by atoms with Gasteiger partial charge >= 0.3 is 5.76 Å². The summed E-state index contributed by atoms with van der Waals surface area (Å²) in [4.78, 5) is 17.9. The van der Waals surface area contributed by atoms with Gasteiger partial charge < -0.3 is 18.0 Å². The molecule has 2 fully saturated rings. The van der Waals surface area contributed by atoms with Gasteiger partial charge in [0.1, 0.15) is 11.4 Å². The van der Waals surface area contributed by atoms with Crippen LogP contribution in [-0.2, 0) is 12.8 Å². The van der Waals surface area contributed by atoms with Crippen LogP contribution in [0.25, 0.3) is 33.2 Å². The van der Waals surface area contributed by atoms with Gasteiger partial charge in [-0.3, -0.25) is 9.80 Å². The van der Waals surface area contributed by atoms with Crippen molar-refractivity contribution in [2.75, 3.05) is 19.6 Å². The Morgan fingerprint density at radius 1 is 0.849 bits per heavy atom. The van der Waals surface area contributed by atoms with Crippen molar-refractivity contribution in [1.29, 1.82) is 0 Å². The van der Waals surface area contributed by atoms with Crippen molar-refractivity contribution in [2.45, 2.75) is 83.3 Å².